The first-order valence-electron chi connectivity index (χ1n) is 7.03. The Labute approximate surface area is 129 Å². The summed E-state index contributed by atoms with van der Waals surface area (Å²) in [7, 11) is 0. The molecule has 1 aromatic heterocycles. The van der Waals surface area contributed by atoms with Gasteiger partial charge in [0.05, 0.1) is 6.54 Å². The van der Waals surface area contributed by atoms with Gasteiger partial charge in [-0.2, -0.15) is 0 Å². The van der Waals surface area contributed by atoms with Crippen LogP contribution >= 0.6 is 11.6 Å². The molecule has 0 saturated heterocycles. The summed E-state index contributed by atoms with van der Waals surface area (Å²) >= 11 is 5.86. The fraction of sp³-hybridized carbons (Fsp3) is 0.467. The molecule has 0 radical (unpaired) electrons. The van der Waals surface area contributed by atoms with Gasteiger partial charge in [0.2, 0.25) is 11.8 Å². The van der Waals surface area contributed by atoms with Crippen molar-refractivity contribution in [1.82, 2.24) is 15.1 Å². The van der Waals surface area contributed by atoms with Gasteiger partial charge in [0.15, 0.2) is 0 Å². The van der Waals surface area contributed by atoms with Gasteiger partial charge >= 0.3 is 0 Å². The third kappa shape index (κ3) is 4.52. The zero-order chi connectivity index (χ0) is 15.2. The van der Waals surface area contributed by atoms with Gasteiger partial charge in [-0.25, -0.2) is 0 Å². The number of halogens is 1. The SMILES string of the molecule is CC(C)N(CCCO)Cc1nnc(-c2ccc(Cl)cc2)o1. The minimum Gasteiger partial charge on any atom is -0.419 e. The molecule has 1 heterocycles. The van der Waals surface area contributed by atoms with Crippen molar-refractivity contribution < 1.29 is 9.52 Å². The van der Waals surface area contributed by atoms with E-state index >= 15 is 0 Å². The van der Waals surface area contributed by atoms with Crippen LogP contribution in [0.4, 0.5) is 0 Å². The van der Waals surface area contributed by atoms with Gasteiger partial charge in [-0.15, -0.1) is 10.2 Å². The van der Waals surface area contributed by atoms with Gasteiger partial charge in [-0.3, -0.25) is 4.90 Å². The van der Waals surface area contributed by atoms with Crippen molar-refractivity contribution in [3.63, 3.8) is 0 Å². The topological polar surface area (TPSA) is 62.4 Å². The maximum absolute atomic E-state index is 8.95. The van der Waals surface area contributed by atoms with Crippen molar-refractivity contribution in [1.29, 1.82) is 0 Å². The normalized spacial score (nSPS) is 11.5. The molecule has 0 unspecified atom stereocenters. The second-order valence-corrected chi connectivity index (χ2v) is 5.59. The number of rotatable bonds is 7. The first kappa shape index (κ1) is 15.9. The van der Waals surface area contributed by atoms with E-state index in [1.165, 1.54) is 0 Å². The molecule has 21 heavy (non-hydrogen) atoms. The number of aromatic nitrogens is 2. The molecule has 2 rings (SSSR count). The maximum atomic E-state index is 8.95. The Morgan fingerprint density at radius 1 is 1.24 bits per heavy atom. The molecule has 0 saturated carbocycles. The van der Waals surface area contributed by atoms with E-state index in [2.05, 4.69) is 28.9 Å². The van der Waals surface area contributed by atoms with Crippen LogP contribution in [-0.2, 0) is 6.54 Å². The van der Waals surface area contributed by atoms with Crippen LogP contribution in [0.2, 0.25) is 5.02 Å². The largest absolute Gasteiger partial charge is 0.419 e. The number of aliphatic hydroxyl groups is 1. The van der Waals surface area contributed by atoms with Crippen LogP contribution in [-0.4, -0.2) is 39.4 Å². The highest BCUT2D eigenvalue weighted by molar-refractivity contribution is 6.30. The van der Waals surface area contributed by atoms with E-state index in [1.807, 2.05) is 12.1 Å². The molecule has 1 aromatic carbocycles. The van der Waals surface area contributed by atoms with Crippen LogP contribution in [0.3, 0.4) is 0 Å². The van der Waals surface area contributed by atoms with Crippen molar-refractivity contribution in [3.8, 4) is 11.5 Å². The zero-order valence-corrected chi connectivity index (χ0v) is 13.0. The highest BCUT2D eigenvalue weighted by atomic mass is 35.5. The molecule has 114 valence electrons. The third-order valence-electron chi connectivity index (χ3n) is 3.23. The van der Waals surface area contributed by atoms with Crippen molar-refractivity contribution in [3.05, 3.63) is 35.2 Å². The van der Waals surface area contributed by atoms with E-state index in [4.69, 9.17) is 21.1 Å². The molecule has 0 spiro atoms. The molecule has 0 aliphatic carbocycles. The number of nitrogens with zero attached hydrogens (tertiary/aromatic N) is 3. The Bertz CT molecular complexity index is 554. The summed E-state index contributed by atoms with van der Waals surface area (Å²) in [5, 5.41) is 17.8. The van der Waals surface area contributed by atoms with E-state index in [9.17, 15) is 0 Å². The van der Waals surface area contributed by atoms with Crippen LogP contribution in [0, 0.1) is 0 Å². The summed E-state index contributed by atoms with van der Waals surface area (Å²) in [6.07, 6.45) is 0.732. The van der Waals surface area contributed by atoms with Crippen molar-refractivity contribution in [2.75, 3.05) is 13.2 Å². The number of aliphatic hydroxyl groups excluding tert-OH is 1. The summed E-state index contributed by atoms with van der Waals surface area (Å²) in [4.78, 5) is 2.19. The van der Waals surface area contributed by atoms with E-state index < -0.39 is 0 Å². The fourth-order valence-corrected chi connectivity index (χ4v) is 2.12. The first-order chi connectivity index (χ1) is 10.1. The molecule has 1 N–H and O–H groups in total. The summed E-state index contributed by atoms with van der Waals surface area (Å²) in [5.41, 5.74) is 0.851. The quantitative estimate of drug-likeness (QED) is 0.852. The summed E-state index contributed by atoms with van der Waals surface area (Å²) in [6.45, 7) is 5.77. The molecule has 2 aromatic rings. The van der Waals surface area contributed by atoms with Crippen LogP contribution in [0.15, 0.2) is 28.7 Å². The highest BCUT2D eigenvalue weighted by Gasteiger charge is 2.15. The van der Waals surface area contributed by atoms with Crippen LogP contribution in [0.5, 0.6) is 0 Å². The van der Waals surface area contributed by atoms with E-state index in [-0.39, 0.29) is 6.61 Å². The van der Waals surface area contributed by atoms with Gasteiger partial charge in [-0.05, 0) is 44.5 Å². The lowest BCUT2D eigenvalue weighted by Gasteiger charge is -2.24. The van der Waals surface area contributed by atoms with E-state index in [0.717, 1.165) is 18.5 Å². The van der Waals surface area contributed by atoms with E-state index in [0.29, 0.717) is 29.4 Å². The predicted octanol–water partition coefficient (Wildman–Crippen LogP) is 2.98. The second kappa shape index (κ2) is 7.54. The molecule has 0 aliphatic heterocycles. The first-order valence-corrected chi connectivity index (χ1v) is 7.41. The van der Waals surface area contributed by atoms with Crippen molar-refractivity contribution in [2.24, 2.45) is 0 Å². The molecule has 5 nitrogen and oxygen atoms in total. The number of benzene rings is 1. The molecule has 0 fully saturated rings. The van der Waals surface area contributed by atoms with Crippen LogP contribution in [0.1, 0.15) is 26.2 Å². The molecule has 6 heteroatoms. The standard InChI is InChI=1S/C15H20ClN3O2/c1-11(2)19(8-3-9-20)10-14-17-18-15(21-14)12-4-6-13(16)7-5-12/h4-7,11,20H,3,8-10H2,1-2H3. The summed E-state index contributed by atoms with van der Waals surface area (Å²) in [6, 6.07) is 7.64. The van der Waals surface area contributed by atoms with Crippen molar-refractivity contribution in [2.45, 2.75) is 32.9 Å². The average Bonchev–Trinajstić information content (AvgIpc) is 2.92. The molecule has 0 amide bonds. The third-order valence-corrected chi connectivity index (χ3v) is 3.48. The van der Waals surface area contributed by atoms with Crippen LogP contribution < -0.4 is 0 Å². The minimum atomic E-state index is 0.184. The lowest BCUT2D eigenvalue weighted by Crippen LogP contribution is -2.31. The second-order valence-electron chi connectivity index (χ2n) is 5.15. The molecule has 0 bridgehead atoms. The van der Waals surface area contributed by atoms with Gasteiger partial charge in [0.25, 0.3) is 0 Å². The van der Waals surface area contributed by atoms with Gasteiger partial charge < -0.3 is 9.52 Å². The monoisotopic (exact) mass is 309 g/mol. The van der Waals surface area contributed by atoms with E-state index in [1.54, 1.807) is 12.1 Å². The summed E-state index contributed by atoms with van der Waals surface area (Å²) < 4.78 is 5.70. The average molecular weight is 310 g/mol. The predicted molar refractivity (Wildman–Crippen MR) is 82.0 cm³/mol. The Balaban J connectivity index is 2.06. The van der Waals surface area contributed by atoms with Crippen LogP contribution in [0.25, 0.3) is 11.5 Å². The maximum Gasteiger partial charge on any atom is 0.247 e. The minimum absolute atomic E-state index is 0.184. The smallest absolute Gasteiger partial charge is 0.247 e. The Hall–Kier alpha value is -1.43. The van der Waals surface area contributed by atoms with Gasteiger partial charge in [-0.1, -0.05) is 11.6 Å². The van der Waals surface area contributed by atoms with Crippen molar-refractivity contribution >= 4 is 11.6 Å². The number of hydrogen-bond donors (Lipinski definition) is 1. The van der Waals surface area contributed by atoms with Gasteiger partial charge in [0.1, 0.15) is 0 Å². The fourth-order valence-electron chi connectivity index (χ4n) is 1.99. The lowest BCUT2D eigenvalue weighted by atomic mass is 10.2. The Morgan fingerprint density at radius 3 is 2.57 bits per heavy atom. The Kier molecular flexibility index (Phi) is 5.73. The molecular formula is C15H20ClN3O2. The molecule has 0 atom stereocenters. The zero-order valence-electron chi connectivity index (χ0n) is 12.3. The van der Waals surface area contributed by atoms with Gasteiger partial charge in [0, 0.05) is 29.8 Å². The lowest BCUT2D eigenvalue weighted by molar-refractivity contribution is 0.171. The number of hydrogen-bond acceptors (Lipinski definition) is 5. The Morgan fingerprint density at radius 2 is 1.95 bits per heavy atom. The highest BCUT2D eigenvalue weighted by Crippen LogP contribution is 2.21. The molecular weight excluding hydrogens is 290 g/mol. The molecule has 0 aliphatic rings. The summed E-state index contributed by atoms with van der Waals surface area (Å²) in [5.74, 6) is 1.07.